The van der Waals surface area contributed by atoms with Gasteiger partial charge in [-0.1, -0.05) is 6.07 Å². The van der Waals surface area contributed by atoms with Crippen LogP contribution in [0.1, 0.15) is 18.0 Å². The van der Waals surface area contributed by atoms with Gasteiger partial charge < -0.3 is 9.47 Å². The highest BCUT2D eigenvalue weighted by molar-refractivity contribution is 7.99. The van der Waals surface area contributed by atoms with Gasteiger partial charge in [0.15, 0.2) is 0 Å². The Morgan fingerprint density at radius 3 is 2.92 bits per heavy atom. The molecule has 1 amide bonds. The minimum absolute atomic E-state index is 0.119. The SMILES string of the molecule is CSCC(=O)N1C[C@H]2C[C@H](C1)c1ccc(-c3cccs3)c(=O)n1C2. The Hall–Kier alpha value is -1.53. The lowest BCUT2D eigenvalue weighted by molar-refractivity contribution is -0.131. The van der Waals surface area contributed by atoms with E-state index in [-0.39, 0.29) is 17.4 Å². The lowest BCUT2D eigenvalue weighted by Crippen LogP contribution is -2.49. The molecule has 4 heterocycles. The number of carbonyl (C=O) groups excluding carboxylic acids is 1. The first kappa shape index (κ1) is 16.0. The summed E-state index contributed by atoms with van der Waals surface area (Å²) in [6.07, 6.45) is 3.05. The molecular formula is C18H20N2O2S2. The molecule has 0 radical (unpaired) electrons. The fraction of sp³-hybridized carbons (Fsp3) is 0.444. The zero-order valence-electron chi connectivity index (χ0n) is 13.6. The van der Waals surface area contributed by atoms with Crippen molar-refractivity contribution in [3.63, 3.8) is 0 Å². The van der Waals surface area contributed by atoms with Crippen LogP contribution >= 0.6 is 23.1 Å². The van der Waals surface area contributed by atoms with Crippen molar-refractivity contribution in [1.82, 2.24) is 9.47 Å². The minimum atomic E-state index is 0.119. The third kappa shape index (κ3) is 2.71. The molecule has 2 aromatic heterocycles. The van der Waals surface area contributed by atoms with Crippen molar-refractivity contribution < 1.29 is 4.79 Å². The van der Waals surface area contributed by atoms with Crippen molar-refractivity contribution in [2.24, 2.45) is 5.92 Å². The molecule has 1 fully saturated rings. The zero-order valence-corrected chi connectivity index (χ0v) is 15.2. The molecule has 2 aliphatic rings. The number of rotatable bonds is 3. The molecule has 4 nitrogen and oxygen atoms in total. The Morgan fingerprint density at radius 1 is 1.29 bits per heavy atom. The highest BCUT2D eigenvalue weighted by Crippen LogP contribution is 2.36. The molecule has 0 aliphatic carbocycles. The van der Waals surface area contributed by atoms with Gasteiger partial charge in [-0.05, 0) is 42.2 Å². The van der Waals surface area contributed by atoms with Crippen LogP contribution in [-0.4, -0.2) is 40.5 Å². The summed E-state index contributed by atoms with van der Waals surface area (Å²) < 4.78 is 1.96. The maximum absolute atomic E-state index is 12.9. The van der Waals surface area contributed by atoms with Crippen molar-refractivity contribution in [1.29, 1.82) is 0 Å². The number of hydrogen-bond acceptors (Lipinski definition) is 4. The third-order valence-corrected chi connectivity index (χ3v) is 6.45. The van der Waals surface area contributed by atoms with Crippen LogP contribution in [0.25, 0.3) is 10.4 Å². The summed E-state index contributed by atoms with van der Waals surface area (Å²) in [6, 6.07) is 8.04. The van der Waals surface area contributed by atoms with Crippen molar-refractivity contribution >= 4 is 29.0 Å². The van der Waals surface area contributed by atoms with E-state index in [1.54, 1.807) is 23.1 Å². The first-order chi connectivity index (χ1) is 11.7. The first-order valence-corrected chi connectivity index (χ1v) is 10.5. The molecule has 0 saturated carbocycles. The first-order valence-electron chi connectivity index (χ1n) is 8.21. The zero-order chi connectivity index (χ0) is 16.7. The molecule has 6 heteroatoms. The van der Waals surface area contributed by atoms with Crippen LogP contribution in [0.4, 0.5) is 0 Å². The molecule has 2 aliphatic heterocycles. The monoisotopic (exact) mass is 360 g/mol. The molecule has 2 aromatic rings. The van der Waals surface area contributed by atoms with E-state index in [0.717, 1.165) is 42.2 Å². The van der Waals surface area contributed by atoms with Crippen molar-refractivity contribution in [2.75, 3.05) is 25.1 Å². The van der Waals surface area contributed by atoms with Crippen LogP contribution in [0.2, 0.25) is 0 Å². The van der Waals surface area contributed by atoms with Crippen LogP contribution in [-0.2, 0) is 11.3 Å². The number of thioether (sulfide) groups is 1. The predicted octanol–water partition coefficient (Wildman–Crippen LogP) is 2.89. The van der Waals surface area contributed by atoms with Gasteiger partial charge in [-0.3, -0.25) is 9.59 Å². The number of fused-ring (bicyclic) bond motifs is 4. The molecule has 2 atom stereocenters. The maximum Gasteiger partial charge on any atom is 0.259 e. The van der Waals surface area contributed by atoms with E-state index in [9.17, 15) is 9.59 Å². The summed E-state index contributed by atoms with van der Waals surface area (Å²) in [5.74, 6) is 1.44. The maximum atomic E-state index is 12.9. The van der Waals surface area contributed by atoms with E-state index < -0.39 is 0 Å². The van der Waals surface area contributed by atoms with Crippen LogP contribution in [0.3, 0.4) is 0 Å². The number of carbonyl (C=O) groups is 1. The molecule has 1 saturated heterocycles. The molecule has 24 heavy (non-hydrogen) atoms. The van der Waals surface area contributed by atoms with E-state index >= 15 is 0 Å². The summed E-state index contributed by atoms with van der Waals surface area (Å²) in [4.78, 5) is 28.2. The summed E-state index contributed by atoms with van der Waals surface area (Å²) in [7, 11) is 0. The van der Waals surface area contributed by atoms with Crippen molar-refractivity contribution in [3.05, 3.63) is 45.7 Å². The topological polar surface area (TPSA) is 42.3 Å². The highest BCUT2D eigenvalue weighted by atomic mass is 32.2. The second-order valence-corrected chi connectivity index (χ2v) is 8.41. The second-order valence-electron chi connectivity index (χ2n) is 6.60. The molecule has 2 bridgehead atoms. The third-order valence-electron chi connectivity index (χ3n) is 5.01. The average Bonchev–Trinajstić information content (AvgIpc) is 3.10. The Labute approximate surface area is 149 Å². The summed E-state index contributed by atoms with van der Waals surface area (Å²) in [5.41, 5.74) is 2.01. The Morgan fingerprint density at radius 2 is 2.17 bits per heavy atom. The van der Waals surface area contributed by atoms with E-state index in [2.05, 4.69) is 6.07 Å². The van der Waals surface area contributed by atoms with E-state index in [4.69, 9.17) is 0 Å². The van der Waals surface area contributed by atoms with Crippen LogP contribution in [0.15, 0.2) is 34.4 Å². The number of piperidine rings is 1. The fourth-order valence-electron chi connectivity index (χ4n) is 3.98. The molecule has 0 N–H and O–H groups in total. The molecule has 0 unspecified atom stereocenters. The number of amides is 1. The number of likely N-dealkylation sites (tertiary alicyclic amines) is 1. The largest absolute Gasteiger partial charge is 0.341 e. The number of pyridine rings is 1. The van der Waals surface area contributed by atoms with E-state index in [0.29, 0.717) is 11.7 Å². The van der Waals surface area contributed by atoms with Gasteiger partial charge in [0.1, 0.15) is 0 Å². The van der Waals surface area contributed by atoms with Gasteiger partial charge in [0.05, 0.1) is 11.3 Å². The van der Waals surface area contributed by atoms with Crippen LogP contribution in [0, 0.1) is 5.92 Å². The van der Waals surface area contributed by atoms with E-state index in [1.807, 2.05) is 39.3 Å². The highest BCUT2D eigenvalue weighted by Gasteiger charge is 2.36. The number of nitrogens with zero attached hydrogens (tertiary/aromatic N) is 2. The van der Waals surface area contributed by atoms with Gasteiger partial charge in [0.25, 0.3) is 5.56 Å². The normalized spacial score (nSPS) is 22.3. The fourth-order valence-corrected chi connectivity index (χ4v) is 5.16. The molecule has 4 rings (SSSR count). The Balaban J connectivity index is 1.68. The number of aromatic nitrogens is 1. The van der Waals surface area contributed by atoms with Crippen molar-refractivity contribution in [3.8, 4) is 10.4 Å². The predicted molar refractivity (Wildman–Crippen MR) is 99.8 cm³/mol. The summed E-state index contributed by atoms with van der Waals surface area (Å²) in [6.45, 7) is 2.26. The number of hydrogen-bond donors (Lipinski definition) is 0. The quantitative estimate of drug-likeness (QED) is 0.845. The van der Waals surface area contributed by atoms with Gasteiger partial charge in [-0.15, -0.1) is 11.3 Å². The molecule has 0 aromatic carbocycles. The lowest BCUT2D eigenvalue weighted by atomic mass is 9.83. The summed E-state index contributed by atoms with van der Waals surface area (Å²) in [5, 5.41) is 2.00. The van der Waals surface area contributed by atoms with Gasteiger partial charge in [0.2, 0.25) is 5.91 Å². The van der Waals surface area contributed by atoms with E-state index in [1.165, 1.54) is 0 Å². The number of thiophene rings is 1. The van der Waals surface area contributed by atoms with Crippen molar-refractivity contribution in [2.45, 2.75) is 18.9 Å². The smallest absolute Gasteiger partial charge is 0.259 e. The van der Waals surface area contributed by atoms with Crippen LogP contribution < -0.4 is 5.56 Å². The van der Waals surface area contributed by atoms with Crippen LogP contribution in [0.5, 0.6) is 0 Å². The minimum Gasteiger partial charge on any atom is -0.341 e. The average molecular weight is 361 g/mol. The Kier molecular flexibility index (Phi) is 4.26. The lowest BCUT2D eigenvalue weighted by Gasteiger charge is -2.42. The Bertz CT molecular complexity index is 813. The van der Waals surface area contributed by atoms with Gasteiger partial charge in [0, 0.05) is 36.1 Å². The molecule has 126 valence electrons. The van der Waals surface area contributed by atoms with Gasteiger partial charge in [-0.2, -0.15) is 11.8 Å². The standard InChI is InChI=1S/C18H20N2O2S2/c1-23-11-17(21)19-8-12-7-13(10-19)15-5-4-14(16-3-2-6-24-16)18(22)20(15)9-12/h2-6,12-13H,7-11H2,1H3/t12-,13-/m1/s1. The molecular weight excluding hydrogens is 340 g/mol. The molecule has 0 spiro atoms. The summed E-state index contributed by atoms with van der Waals surface area (Å²) >= 11 is 3.18. The van der Waals surface area contributed by atoms with Gasteiger partial charge in [-0.25, -0.2) is 0 Å². The van der Waals surface area contributed by atoms with Gasteiger partial charge >= 0.3 is 0 Å². The second kappa shape index (κ2) is 6.41.